The minimum atomic E-state index is -4.39. The lowest BCUT2D eigenvalue weighted by Crippen LogP contribution is -2.37. The zero-order valence-electron chi connectivity index (χ0n) is 23.1. The van der Waals surface area contributed by atoms with Gasteiger partial charge in [-0.25, -0.2) is 8.42 Å². The number of nitrogens with zero attached hydrogens (tertiary/aromatic N) is 3. The summed E-state index contributed by atoms with van der Waals surface area (Å²) >= 11 is 13.7. The first-order valence-corrected chi connectivity index (χ1v) is 16.7. The van der Waals surface area contributed by atoms with E-state index in [9.17, 15) is 18.2 Å². The summed E-state index contributed by atoms with van der Waals surface area (Å²) in [6, 6.07) is 19.5. The zero-order chi connectivity index (χ0) is 30.6. The molecule has 1 aliphatic rings. The smallest absolute Gasteiger partial charge is 0.377 e. The first-order chi connectivity index (χ1) is 20.7. The van der Waals surface area contributed by atoms with Crippen LogP contribution in [0.3, 0.4) is 0 Å². The van der Waals surface area contributed by atoms with Crippen molar-refractivity contribution >= 4 is 73.9 Å². The molecule has 43 heavy (non-hydrogen) atoms. The quantitative estimate of drug-likeness (QED) is 0.0450. The molecule has 0 saturated carbocycles. The molecule has 2 heterocycles. The van der Waals surface area contributed by atoms with Crippen molar-refractivity contribution in [2.75, 3.05) is 34.4 Å². The van der Waals surface area contributed by atoms with Crippen molar-refractivity contribution in [2.24, 2.45) is 0 Å². The van der Waals surface area contributed by atoms with Crippen LogP contribution in [0, 0.1) is 0 Å². The molecule has 1 aromatic heterocycles. The molecule has 5 rings (SSSR count). The lowest BCUT2D eigenvalue weighted by molar-refractivity contribution is -0.777. The minimum absolute atomic E-state index is 0.111. The number of fused-ring (bicyclic) bond motifs is 2. The fourth-order valence-corrected chi connectivity index (χ4v) is 6.32. The van der Waals surface area contributed by atoms with E-state index in [2.05, 4.69) is 15.4 Å². The van der Waals surface area contributed by atoms with Crippen LogP contribution in [0.1, 0.15) is 25.7 Å². The lowest BCUT2D eigenvalue weighted by Gasteiger charge is -2.24. The van der Waals surface area contributed by atoms with Gasteiger partial charge in [-0.2, -0.15) is 8.90 Å². The minimum Gasteiger partial charge on any atom is -0.748 e. The molecule has 0 fully saturated rings. The van der Waals surface area contributed by atoms with Crippen molar-refractivity contribution in [3.05, 3.63) is 82.4 Å². The van der Waals surface area contributed by atoms with Crippen LogP contribution in [0.4, 0.5) is 11.4 Å². The number of hydrogen-bond acceptors (Lipinski definition) is 10. The molecule has 0 radical (unpaired) electrons. The highest BCUT2D eigenvalue weighted by atomic mass is 35.5. The van der Waals surface area contributed by atoms with Crippen LogP contribution < -0.4 is 19.6 Å². The summed E-state index contributed by atoms with van der Waals surface area (Å²) in [5.74, 6) is 1.26. The Morgan fingerprint density at radius 1 is 1.00 bits per heavy atom. The third kappa shape index (κ3) is 7.30. The molecule has 0 bridgehead atoms. The number of rotatable bonds is 13. The molecule has 4 aromatic rings. The standard InChI is InChI=1S/C29H29Cl2N3O7S2/c1-2-32-24-17-22(30)23(31)18-25(24)33(13-7-15-43(36,37)38)28(32)19-29-34(12-6-14-42-41-40-35)26-16-21(10-11-27(26)39-29)20-8-4-3-5-9-20/h3-5,8-11,16-19H,2,6-7,12-15H2,1H3,(H-,35,36,37,38)/p-1. The van der Waals surface area contributed by atoms with Crippen LogP contribution in [-0.4, -0.2) is 37.6 Å². The van der Waals surface area contributed by atoms with Crippen molar-refractivity contribution in [1.82, 2.24) is 0 Å². The summed E-state index contributed by atoms with van der Waals surface area (Å²) in [5, 5.41) is 14.4. The molecule has 10 nitrogen and oxygen atoms in total. The number of halogens is 2. The first-order valence-electron chi connectivity index (χ1n) is 13.5. The summed E-state index contributed by atoms with van der Waals surface area (Å²) in [7, 11) is -4.39. The number of oxazole rings is 1. The monoisotopic (exact) mass is 664 g/mol. The van der Waals surface area contributed by atoms with Gasteiger partial charge in [0.15, 0.2) is 6.54 Å². The zero-order valence-corrected chi connectivity index (χ0v) is 26.2. The van der Waals surface area contributed by atoms with E-state index in [1.54, 1.807) is 12.1 Å². The highest BCUT2D eigenvalue weighted by Gasteiger charge is 2.34. The van der Waals surface area contributed by atoms with Gasteiger partial charge < -0.3 is 24.0 Å². The van der Waals surface area contributed by atoms with Crippen LogP contribution in [-0.2, 0) is 26.0 Å². The van der Waals surface area contributed by atoms with E-state index < -0.39 is 15.9 Å². The van der Waals surface area contributed by atoms with Gasteiger partial charge in [0, 0.05) is 49.1 Å². The molecule has 0 spiro atoms. The molecule has 1 aliphatic heterocycles. The largest absolute Gasteiger partial charge is 0.748 e. The molecule has 0 aliphatic carbocycles. The number of benzene rings is 3. The van der Waals surface area contributed by atoms with Gasteiger partial charge in [0.1, 0.15) is 5.82 Å². The Morgan fingerprint density at radius 3 is 2.40 bits per heavy atom. The van der Waals surface area contributed by atoms with Crippen LogP contribution >= 0.6 is 35.2 Å². The highest BCUT2D eigenvalue weighted by molar-refractivity contribution is 7.94. The van der Waals surface area contributed by atoms with Crippen LogP contribution in [0.15, 0.2) is 70.9 Å². The first kappa shape index (κ1) is 31.6. The third-order valence-corrected chi connectivity index (χ3v) is 9.14. The summed E-state index contributed by atoms with van der Waals surface area (Å²) in [6.45, 7) is 3.33. The van der Waals surface area contributed by atoms with E-state index in [4.69, 9.17) is 27.6 Å². The van der Waals surface area contributed by atoms with E-state index in [1.165, 1.54) is 0 Å². The summed E-state index contributed by atoms with van der Waals surface area (Å²) in [4.78, 5) is 3.96. The van der Waals surface area contributed by atoms with Gasteiger partial charge in [-0.1, -0.05) is 59.6 Å². The van der Waals surface area contributed by atoms with Crippen molar-refractivity contribution in [3.63, 3.8) is 0 Å². The van der Waals surface area contributed by atoms with Crippen LogP contribution in [0.25, 0.3) is 28.3 Å². The molecular formula is C29H28Cl2N3O7S2-. The van der Waals surface area contributed by atoms with Crippen LogP contribution in [0.2, 0.25) is 10.0 Å². The van der Waals surface area contributed by atoms with Gasteiger partial charge in [0.05, 0.1) is 37.6 Å². The fourth-order valence-electron chi connectivity index (χ4n) is 5.17. The van der Waals surface area contributed by atoms with Gasteiger partial charge in [0.25, 0.3) is 5.52 Å². The van der Waals surface area contributed by atoms with E-state index in [0.717, 1.165) is 40.1 Å². The second-order valence-corrected chi connectivity index (χ2v) is 12.8. The number of anilines is 2. The fraction of sp³-hybridized carbons (Fsp3) is 0.276. The second-order valence-electron chi connectivity index (χ2n) is 9.72. The van der Waals surface area contributed by atoms with Crippen molar-refractivity contribution in [2.45, 2.75) is 26.3 Å². The summed E-state index contributed by atoms with van der Waals surface area (Å²) in [6.07, 6.45) is 2.64. The second kappa shape index (κ2) is 13.9. The number of hydrogen-bond donors (Lipinski definition) is 0. The van der Waals surface area contributed by atoms with E-state index in [-0.39, 0.29) is 13.0 Å². The van der Waals surface area contributed by atoms with Gasteiger partial charge in [-0.3, -0.25) is 5.04 Å². The predicted octanol–water partition coefficient (Wildman–Crippen LogP) is 5.54. The topological polar surface area (TPSA) is 122 Å². The molecule has 0 N–H and O–H groups in total. The molecule has 0 unspecified atom stereocenters. The maximum Gasteiger partial charge on any atom is 0.377 e. The molecular weight excluding hydrogens is 637 g/mol. The Balaban J connectivity index is 1.60. The SMILES string of the molecule is CCN1C(=Cc2oc3ccc(-c4ccccc4)cc3[n+]2CCCSOO[O-])N(CCCS(=O)(=O)[O-])c2cc(Cl)c(Cl)cc21. The predicted molar refractivity (Wildman–Crippen MR) is 165 cm³/mol. The molecule has 228 valence electrons. The third-order valence-electron chi connectivity index (χ3n) is 7.02. The molecule has 0 atom stereocenters. The van der Waals surface area contributed by atoms with Gasteiger partial charge in [-0.15, -0.1) is 0 Å². The van der Waals surface area contributed by atoms with Crippen molar-refractivity contribution < 1.29 is 36.6 Å². The van der Waals surface area contributed by atoms with Crippen LogP contribution in [0.5, 0.6) is 0 Å². The molecule has 14 heteroatoms. The summed E-state index contributed by atoms with van der Waals surface area (Å²) in [5.41, 5.74) is 5.16. The van der Waals surface area contributed by atoms with Gasteiger partial charge in [-0.05, 0) is 42.7 Å². The lowest BCUT2D eigenvalue weighted by atomic mass is 10.1. The van der Waals surface area contributed by atoms with E-state index in [1.807, 2.05) is 69.8 Å². The van der Waals surface area contributed by atoms with Crippen molar-refractivity contribution in [3.8, 4) is 11.1 Å². The summed E-state index contributed by atoms with van der Waals surface area (Å²) < 4.78 is 47.0. The Morgan fingerprint density at radius 2 is 1.72 bits per heavy atom. The molecule has 3 aromatic carbocycles. The Bertz CT molecular complexity index is 1730. The normalized spacial score (nSPS) is 14.3. The Kier molecular flexibility index (Phi) is 10.2. The van der Waals surface area contributed by atoms with E-state index in [0.29, 0.717) is 52.6 Å². The van der Waals surface area contributed by atoms with Gasteiger partial charge >= 0.3 is 5.89 Å². The van der Waals surface area contributed by atoms with Crippen molar-refractivity contribution in [1.29, 1.82) is 0 Å². The Labute approximate surface area is 263 Å². The number of aryl methyl sites for hydroxylation is 1. The average Bonchev–Trinajstić information content (AvgIpc) is 3.46. The maximum atomic E-state index is 11.4. The molecule has 0 amide bonds. The average molecular weight is 666 g/mol. The molecule has 0 saturated heterocycles. The number of aromatic nitrogens is 1. The Hall–Kier alpha value is -2.81. The van der Waals surface area contributed by atoms with Gasteiger partial charge in [0.2, 0.25) is 5.58 Å². The highest BCUT2D eigenvalue weighted by Crippen LogP contribution is 2.46. The maximum absolute atomic E-state index is 11.4. The van der Waals surface area contributed by atoms with E-state index >= 15 is 0 Å².